The smallest absolute Gasteiger partial charge is 0.316 e. The van der Waals surface area contributed by atoms with Gasteiger partial charge in [0.1, 0.15) is 5.75 Å². The van der Waals surface area contributed by atoms with Crippen LogP contribution >= 0.6 is 15.9 Å². The third-order valence-electron chi connectivity index (χ3n) is 3.50. The van der Waals surface area contributed by atoms with Crippen LogP contribution < -0.4 is 10.2 Å². The fraction of sp³-hybridized carbons (Fsp3) is 0.211. The van der Waals surface area contributed by atoms with E-state index in [0.717, 1.165) is 4.47 Å². The first-order valence-electron chi connectivity index (χ1n) is 8.17. The SMILES string of the molecule is CC(C)(C)C(=O)Oc1ccc(Br)cc1/C=N\NC(=O)c1ccc([N+](=O)[O-])cc1. The van der Waals surface area contributed by atoms with Gasteiger partial charge in [-0.3, -0.25) is 19.7 Å². The maximum atomic E-state index is 12.1. The van der Waals surface area contributed by atoms with Gasteiger partial charge in [0.05, 0.1) is 16.6 Å². The fourth-order valence-electron chi connectivity index (χ4n) is 1.93. The first kappa shape index (κ1) is 21.2. The number of benzene rings is 2. The summed E-state index contributed by atoms with van der Waals surface area (Å²) in [7, 11) is 0. The minimum Gasteiger partial charge on any atom is -0.425 e. The number of hydrazone groups is 1. The molecule has 0 saturated heterocycles. The third-order valence-corrected chi connectivity index (χ3v) is 3.99. The molecule has 0 spiro atoms. The van der Waals surface area contributed by atoms with Crippen LogP contribution in [0, 0.1) is 15.5 Å². The summed E-state index contributed by atoms with van der Waals surface area (Å²) in [6.45, 7) is 5.23. The Morgan fingerprint density at radius 2 is 1.82 bits per heavy atom. The summed E-state index contributed by atoms with van der Waals surface area (Å²) >= 11 is 3.33. The monoisotopic (exact) mass is 447 g/mol. The summed E-state index contributed by atoms with van der Waals surface area (Å²) < 4.78 is 6.16. The number of nitrogens with one attached hydrogen (secondary N) is 1. The topological polar surface area (TPSA) is 111 Å². The van der Waals surface area contributed by atoms with E-state index in [9.17, 15) is 19.7 Å². The number of nitrogens with zero attached hydrogens (tertiary/aromatic N) is 2. The van der Waals surface area contributed by atoms with Crippen LogP contribution in [-0.4, -0.2) is 23.0 Å². The van der Waals surface area contributed by atoms with Crippen LogP contribution in [0.15, 0.2) is 52.0 Å². The highest BCUT2D eigenvalue weighted by Crippen LogP contribution is 2.25. The summed E-state index contributed by atoms with van der Waals surface area (Å²) in [5.74, 6) is -0.634. The van der Waals surface area contributed by atoms with Crippen LogP contribution in [0.1, 0.15) is 36.7 Å². The van der Waals surface area contributed by atoms with Crippen LogP contribution in [-0.2, 0) is 4.79 Å². The molecule has 0 aliphatic heterocycles. The average Bonchev–Trinajstić information content (AvgIpc) is 2.63. The Hall–Kier alpha value is -3.07. The molecule has 2 aromatic carbocycles. The van der Waals surface area contributed by atoms with Crippen molar-refractivity contribution in [2.75, 3.05) is 0 Å². The van der Waals surface area contributed by atoms with E-state index in [-0.39, 0.29) is 11.3 Å². The van der Waals surface area contributed by atoms with E-state index in [4.69, 9.17) is 4.74 Å². The Morgan fingerprint density at radius 3 is 2.39 bits per heavy atom. The Morgan fingerprint density at radius 1 is 1.18 bits per heavy atom. The van der Waals surface area contributed by atoms with Gasteiger partial charge >= 0.3 is 5.97 Å². The van der Waals surface area contributed by atoms with Crippen molar-refractivity contribution in [1.29, 1.82) is 0 Å². The van der Waals surface area contributed by atoms with Crippen molar-refractivity contribution in [2.45, 2.75) is 20.8 Å². The molecule has 0 aliphatic carbocycles. The lowest BCUT2D eigenvalue weighted by atomic mass is 9.97. The first-order chi connectivity index (χ1) is 13.1. The number of non-ortho nitro benzene ring substituents is 1. The number of rotatable bonds is 5. The van der Waals surface area contributed by atoms with Gasteiger partial charge < -0.3 is 4.74 Å². The number of amides is 1. The van der Waals surface area contributed by atoms with Crippen molar-refractivity contribution in [2.24, 2.45) is 10.5 Å². The van der Waals surface area contributed by atoms with E-state index < -0.39 is 22.2 Å². The molecule has 0 heterocycles. The van der Waals surface area contributed by atoms with Crippen LogP contribution in [0.2, 0.25) is 0 Å². The number of hydrogen-bond donors (Lipinski definition) is 1. The van der Waals surface area contributed by atoms with Gasteiger partial charge in [0.15, 0.2) is 0 Å². The van der Waals surface area contributed by atoms with E-state index in [1.54, 1.807) is 39.0 Å². The number of nitro groups is 1. The third kappa shape index (κ3) is 5.71. The van der Waals surface area contributed by atoms with Gasteiger partial charge in [-0.2, -0.15) is 5.10 Å². The zero-order valence-electron chi connectivity index (χ0n) is 15.4. The number of ether oxygens (including phenoxy) is 1. The van der Waals surface area contributed by atoms with Crippen LogP contribution in [0.25, 0.3) is 0 Å². The van der Waals surface area contributed by atoms with Gasteiger partial charge in [-0.15, -0.1) is 0 Å². The van der Waals surface area contributed by atoms with Crippen LogP contribution in [0.3, 0.4) is 0 Å². The summed E-state index contributed by atoms with van der Waals surface area (Å²) in [6.07, 6.45) is 1.35. The summed E-state index contributed by atoms with van der Waals surface area (Å²) in [5, 5.41) is 14.5. The summed E-state index contributed by atoms with van der Waals surface area (Å²) in [5.41, 5.74) is 2.25. The number of esters is 1. The van der Waals surface area contributed by atoms with E-state index >= 15 is 0 Å². The molecule has 2 aromatic rings. The number of nitro benzene ring substituents is 1. The molecule has 0 bridgehead atoms. The second-order valence-electron chi connectivity index (χ2n) is 6.82. The highest BCUT2D eigenvalue weighted by atomic mass is 79.9. The van der Waals surface area contributed by atoms with Crippen molar-refractivity contribution in [1.82, 2.24) is 5.43 Å². The Labute approximate surface area is 169 Å². The number of halogens is 1. The molecule has 1 N–H and O–H groups in total. The zero-order chi connectivity index (χ0) is 20.9. The Bertz CT molecular complexity index is 934. The molecule has 146 valence electrons. The molecule has 8 nitrogen and oxygen atoms in total. The van der Waals surface area contributed by atoms with E-state index in [0.29, 0.717) is 11.3 Å². The summed E-state index contributed by atoms with van der Waals surface area (Å²) in [6, 6.07) is 10.2. The van der Waals surface area contributed by atoms with Gasteiger partial charge in [0.2, 0.25) is 0 Å². The van der Waals surface area contributed by atoms with Gasteiger partial charge in [0, 0.05) is 27.7 Å². The minimum atomic E-state index is -0.675. The van der Waals surface area contributed by atoms with Crippen molar-refractivity contribution >= 4 is 39.7 Å². The number of carbonyl (C=O) groups excluding carboxylic acids is 2. The van der Waals surface area contributed by atoms with Gasteiger partial charge in [-0.1, -0.05) is 15.9 Å². The van der Waals surface area contributed by atoms with Crippen molar-refractivity contribution in [3.63, 3.8) is 0 Å². The molecule has 0 radical (unpaired) electrons. The zero-order valence-corrected chi connectivity index (χ0v) is 17.0. The lowest BCUT2D eigenvalue weighted by molar-refractivity contribution is -0.384. The van der Waals surface area contributed by atoms with E-state index in [2.05, 4.69) is 26.5 Å². The molecule has 0 aliphatic rings. The molecule has 2 rings (SSSR count). The summed E-state index contributed by atoms with van der Waals surface area (Å²) in [4.78, 5) is 34.3. The predicted molar refractivity (Wildman–Crippen MR) is 107 cm³/mol. The number of carbonyl (C=O) groups is 2. The molecule has 0 aromatic heterocycles. The Balaban J connectivity index is 2.12. The molecule has 9 heteroatoms. The highest BCUT2D eigenvalue weighted by molar-refractivity contribution is 9.10. The Kier molecular flexibility index (Phi) is 6.63. The maximum Gasteiger partial charge on any atom is 0.316 e. The predicted octanol–water partition coefficient (Wildman–Crippen LogP) is 4.07. The molecule has 0 unspecified atom stereocenters. The van der Waals surface area contributed by atoms with Gasteiger partial charge in [-0.05, 0) is 51.1 Å². The highest BCUT2D eigenvalue weighted by Gasteiger charge is 2.24. The van der Waals surface area contributed by atoms with Crippen molar-refractivity contribution in [3.8, 4) is 5.75 Å². The quantitative estimate of drug-likeness (QED) is 0.244. The second-order valence-corrected chi connectivity index (χ2v) is 7.74. The lowest BCUT2D eigenvalue weighted by Crippen LogP contribution is -2.26. The van der Waals surface area contributed by atoms with Crippen LogP contribution in [0.4, 0.5) is 5.69 Å². The maximum absolute atomic E-state index is 12.1. The molecule has 0 saturated carbocycles. The molecular weight excluding hydrogens is 430 g/mol. The molecule has 0 atom stereocenters. The first-order valence-corrected chi connectivity index (χ1v) is 8.97. The van der Waals surface area contributed by atoms with Gasteiger partial charge in [0.25, 0.3) is 11.6 Å². The fourth-order valence-corrected chi connectivity index (χ4v) is 2.30. The van der Waals surface area contributed by atoms with Crippen molar-refractivity contribution in [3.05, 3.63) is 68.2 Å². The lowest BCUT2D eigenvalue weighted by Gasteiger charge is -2.17. The standard InChI is InChI=1S/C19H18BrN3O5/c1-19(2,3)18(25)28-16-9-6-14(20)10-13(16)11-21-22-17(24)12-4-7-15(8-5-12)23(26)27/h4-11H,1-3H3,(H,22,24)/b21-11-. The normalized spacial score (nSPS) is 11.3. The molecule has 1 amide bonds. The van der Waals surface area contributed by atoms with E-state index in [1.165, 1.54) is 30.5 Å². The average molecular weight is 448 g/mol. The minimum absolute atomic E-state index is 0.112. The molecular formula is C19H18BrN3O5. The van der Waals surface area contributed by atoms with Crippen LogP contribution in [0.5, 0.6) is 5.75 Å². The van der Waals surface area contributed by atoms with Crippen molar-refractivity contribution < 1.29 is 19.2 Å². The van der Waals surface area contributed by atoms with Gasteiger partial charge in [-0.25, -0.2) is 5.43 Å². The van der Waals surface area contributed by atoms with E-state index in [1.807, 2.05) is 0 Å². The molecule has 28 heavy (non-hydrogen) atoms. The number of hydrogen-bond acceptors (Lipinski definition) is 6. The second kappa shape index (κ2) is 8.75. The largest absolute Gasteiger partial charge is 0.425 e. The molecule has 0 fully saturated rings.